The molecule has 1 aliphatic carbocycles. The average Bonchev–Trinajstić information content (AvgIpc) is 3.31. The van der Waals surface area contributed by atoms with Crippen LogP contribution in [0.2, 0.25) is 0 Å². The van der Waals surface area contributed by atoms with Gasteiger partial charge in [0.05, 0.1) is 0 Å². The van der Waals surface area contributed by atoms with Crippen LogP contribution in [0.3, 0.4) is 0 Å². The molecule has 3 rings (SSSR count). The van der Waals surface area contributed by atoms with E-state index in [1.54, 1.807) is 0 Å². The standard InChI is InChI=1S/C16H22N2O/c1-13(14-5-3-2-4-6-14)17-9-11-18(12-10-17)16(19)15-7-8-15/h2-6,13,15H,7-12H2,1H3. The Hall–Kier alpha value is -1.35. The Morgan fingerprint density at radius 2 is 1.74 bits per heavy atom. The number of carbonyl (C=O) groups is 1. The van der Waals surface area contributed by atoms with Crippen molar-refractivity contribution in [2.45, 2.75) is 25.8 Å². The highest BCUT2D eigenvalue weighted by Gasteiger charge is 2.35. The van der Waals surface area contributed by atoms with Gasteiger partial charge in [0, 0.05) is 38.1 Å². The van der Waals surface area contributed by atoms with Crippen molar-refractivity contribution in [3.63, 3.8) is 0 Å². The Kier molecular flexibility index (Phi) is 3.56. The second kappa shape index (κ2) is 5.33. The monoisotopic (exact) mass is 258 g/mol. The van der Waals surface area contributed by atoms with Crippen LogP contribution in [0.4, 0.5) is 0 Å². The van der Waals surface area contributed by atoms with Crippen molar-refractivity contribution >= 4 is 5.91 Å². The van der Waals surface area contributed by atoms with Crippen LogP contribution >= 0.6 is 0 Å². The molecule has 1 saturated heterocycles. The van der Waals surface area contributed by atoms with Crippen LogP contribution in [-0.4, -0.2) is 41.9 Å². The van der Waals surface area contributed by atoms with Crippen molar-refractivity contribution < 1.29 is 4.79 Å². The molecule has 1 saturated carbocycles. The maximum Gasteiger partial charge on any atom is 0.225 e. The lowest BCUT2D eigenvalue weighted by atomic mass is 10.1. The van der Waals surface area contributed by atoms with Gasteiger partial charge in [-0.05, 0) is 25.3 Å². The third kappa shape index (κ3) is 2.81. The van der Waals surface area contributed by atoms with E-state index in [9.17, 15) is 4.79 Å². The predicted molar refractivity (Wildman–Crippen MR) is 75.7 cm³/mol. The summed E-state index contributed by atoms with van der Waals surface area (Å²) in [5.41, 5.74) is 1.37. The van der Waals surface area contributed by atoms with Gasteiger partial charge in [-0.1, -0.05) is 30.3 Å². The first kappa shape index (κ1) is 12.7. The molecule has 102 valence electrons. The molecule has 3 heteroatoms. The highest BCUT2D eigenvalue weighted by atomic mass is 16.2. The summed E-state index contributed by atoms with van der Waals surface area (Å²) in [5.74, 6) is 0.755. The third-order valence-corrected chi connectivity index (χ3v) is 4.38. The van der Waals surface area contributed by atoms with Gasteiger partial charge in [-0.2, -0.15) is 0 Å². The molecular weight excluding hydrogens is 236 g/mol. The quantitative estimate of drug-likeness (QED) is 0.830. The summed E-state index contributed by atoms with van der Waals surface area (Å²) in [4.78, 5) is 16.6. The van der Waals surface area contributed by atoms with Gasteiger partial charge in [0.25, 0.3) is 0 Å². The number of amides is 1. The van der Waals surface area contributed by atoms with Gasteiger partial charge in [-0.3, -0.25) is 9.69 Å². The van der Waals surface area contributed by atoms with E-state index >= 15 is 0 Å². The molecule has 0 N–H and O–H groups in total. The molecule has 3 nitrogen and oxygen atoms in total. The molecule has 1 unspecified atom stereocenters. The molecule has 1 aromatic rings. The zero-order valence-electron chi connectivity index (χ0n) is 11.6. The highest BCUT2D eigenvalue weighted by Crippen LogP contribution is 2.31. The van der Waals surface area contributed by atoms with Crippen LogP contribution in [0, 0.1) is 5.92 Å². The largest absolute Gasteiger partial charge is 0.340 e. The van der Waals surface area contributed by atoms with Crippen LogP contribution in [0.1, 0.15) is 31.4 Å². The van der Waals surface area contributed by atoms with E-state index in [4.69, 9.17) is 0 Å². The Balaban J connectivity index is 1.56. The normalized spacial score (nSPS) is 22.3. The minimum Gasteiger partial charge on any atom is -0.340 e. The van der Waals surface area contributed by atoms with Gasteiger partial charge in [-0.25, -0.2) is 0 Å². The number of hydrogen-bond acceptors (Lipinski definition) is 2. The summed E-state index contributed by atoms with van der Waals surface area (Å²) >= 11 is 0. The van der Waals surface area contributed by atoms with E-state index in [1.165, 1.54) is 5.56 Å². The molecule has 0 aromatic heterocycles. The fourth-order valence-electron chi connectivity index (χ4n) is 2.86. The van der Waals surface area contributed by atoms with Crippen LogP contribution < -0.4 is 0 Å². The number of rotatable bonds is 3. The summed E-state index contributed by atoms with van der Waals surface area (Å²) in [7, 11) is 0. The fraction of sp³-hybridized carbons (Fsp3) is 0.562. The number of piperazine rings is 1. The second-order valence-corrected chi connectivity index (χ2v) is 5.72. The van der Waals surface area contributed by atoms with E-state index < -0.39 is 0 Å². The number of benzene rings is 1. The van der Waals surface area contributed by atoms with Gasteiger partial charge in [-0.15, -0.1) is 0 Å². The first-order valence-electron chi connectivity index (χ1n) is 7.33. The first-order valence-corrected chi connectivity index (χ1v) is 7.33. The van der Waals surface area contributed by atoms with E-state index in [0.717, 1.165) is 39.0 Å². The number of nitrogens with zero attached hydrogens (tertiary/aromatic N) is 2. The molecule has 2 aliphatic rings. The molecule has 1 aliphatic heterocycles. The van der Waals surface area contributed by atoms with Gasteiger partial charge in [0.2, 0.25) is 5.91 Å². The Bertz CT molecular complexity index is 433. The maximum absolute atomic E-state index is 12.0. The van der Waals surface area contributed by atoms with Gasteiger partial charge in [0.1, 0.15) is 0 Å². The van der Waals surface area contributed by atoms with Gasteiger partial charge >= 0.3 is 0 Å². The van der Waals surface area contributed by atoms with E-state index in [-0.39, 0.29) is 0 Å². The van der Waals surface area contributed by atoms with Crippen LogP contribution in [0.15, 0.2) is 30.3 Å². The number of hydrogen-bond donors (Lipinski definition) is 0. The molecule has 0 radical (unpaired) electrons. The molecule has 2 fully saturated rings. The lowest BCUT2D eigenvalue weighted by Crippen LogP contribution is -2.49. The van der Waals surface area contributed by atoms with Gasteiger partial charge in [0.15, 0.2) is 0 Å². The van der Waals surface area contributed by atoms with Crippen LogP contribution in [0.25, 0.3) is 0 Å². The van der Waals surface area contributed by atoms with Crippen molar-refractivity contribution in [1.29, 1.82) is 0 Å². The Morgan fingerprint density at radius 1 is 1.11 bits per heavy atom. The minimum atomic E-state index is 0.359. The maximum atomic E-state index is 12.0. The van der Waals surface area contributed by atoms with Crippen molar-refractivity contribution in [2.75, 3.05) is 26.2 Å². The lowest BCUT2D eigenvalue weighted by Gasteiger charge is -2.38. The summed E-state index contributed by atoms with van der Waals surface area (Å²) in [6.07, 6.45) is 2.22. The van der Waals surface area contributed by atoms with E-state index in [0.29, 0.717) is 17.9 Å². The fourth-order valence-corrected chi connectivity index (χ4v) is 2.86. The molecule has 1 amide bonds. The van der Waals surface area contributed by atoms with E-state index in [2.05, 4.69) is 47.1 Å². The van der Waals surface area contributed by atoms with Crippen molar-refractivity contribution in [2.24, 2.45) is 5.92 Å². The van der Waals surface area contributed by atoms with Crippen molar-refractivity contribution in [3.05, 3.63) is 35.9 Å². The highest BCUT2D eigenvalue weighted by molar-refractivity contribution is 5.81. The van der Waals surface area contributed by atoms with Gasteiger partial charge < -0.3 is 4.90 Å². The molecule has 0 bridgehead atoms. The molecule has 19 heavy (non-hydrogen) atoms. The van der Waals surface area contributed by atoms with Crippen LogP contribution in [-0.2, 0) is 4.79 Å². The Morgan fingerprint density at radius 3 is 2.32 bits per heavy atom. The minimum absolute atomic E-state index is 0.359. The molecule has 1 atom stereocenters. The summed E-state index contributed by atoms with van der Waals surface area (Å²) < 4.78 is 0. The summed E-state index contributed by atoms with van der Waals surface area (Å²) in [5, 5.41) is 0. The predicted octanol–water partition coefficient (Wildman–Crippen LogP) is 2.30. The van der Waals surface area contributed by atoms with Crippen LogP contribution in [0.5, 0.6) is 0 Å². The third-order valence-electron chi connectivity index (χ3n) is 4.38. The zero-order chi connectivity index (χ0) is 13.2. The average molecular weight is 258 g/mol. The lowest BCUT2D eigenvalue weighted by molar-refractivity contribution is -0.134. The zero-order valence-corrected chi connectivity index (χ0v) is 11.6. The topological polar surface area (TPSA) is 23.6 Å². The second-order valence-electron chi connectivity index (χ2n) is 5.72. The molecule has 1 aromatic carbocycles. The van der Waals surface area contributed by atoms with Crippen molar-refractivity contribution in [1.82, 2.24) is 9.80 Å². The SMILES string of the molecule is CC(c1ccccc1)N1CCN(C(=O)C2CC2)CC1. The molecule has 1 heterocycles. The smallest absolute Gasteiger partial charge is 0.225 e. The molecule has 0 spiro atoms. The van der Waals surface area contributed by atoms with E-state index in [1.807, 2.05) is 0 Å². The summed E-state index contributed by atoms with van der Waals surface area (Å²) in [6, 6.07) is 11.1. The first-order chi connectivity index (χ1) is 9.25. The summed E-state index contributed by atoms with van der Waals surface area (Å²) in [6.45, 7) is 6.04. The number of carbonyl (C=O) groups excluding carboxylic acids is 1. The Labute approximate surface area is 115 Å². The van der Waals surface area contributed by atoms with Crippen molar-refractivity contribution in [3.8, 4) is 0 Å². The molecular formula is C16H22N2O.